The number of ketones is 1. The van der Waals surface area contributed by atoms with Gasteiger partial charge in [-0.05, 0) is 27.2 Å². The summed E-state index contributed by atoms with van der Waals surface area (Å²) in [6, 6.07) is 0.0258. The van der Waals surface area contributed by atoms with Crippen LogP contribution in [0.15, 0.2) is 0 Å². The van der Waals surface area contributed by atoms with Crippen LogP contribution in [0.4, 0.5) is 0 Å². The van der Waals surface area contributed by atoms with Crippen LogP contribution in [0.5, 0.6) is 0 Å². The van der Waals surface area contributed by atoms with Crippen LogP contribution in [0.3, 0.4) is 0 Å². The van der Waals surface area contributed by atoms with E-state index in [4.69, 9.17) is 0 Å². The molecule has 1 aliphatic rings. The van der Waals surface area contributed by atoms with Gasteiger partial charge in [0.15, 0.2) is 0 Å². The minimum atomic E-state index is -0.139. The van der Waals surface area contributed by atoms with Crippen LogP contribution in [0.1, 0.15) is 40.5 Å². The fourth-order valence-electron chi connectivity index (χ4n) is 2.21. The Hall–Kier alpha value is -0.900. The molecule has 98 valence electrons. The molecular formula is C13H24N2O2. The van der Waals surface area contributed by atoms with Crippen molar-refractivity contribution in [2.45, 2.75) is 52.6 Å². The normalized spacial score (nSPS) is 23.8. The van der Waals surface area contributed by atoms with Gasteiger partial charge in [0.25, 0.3) is 0 Å². The van der Waals surface area contributed by atoms with Crippen molar-refractivity contribution in [3.05, 3.63) is 0 Å². The van der Waals surface area contributed by atoms with Crippen LogP contribution in [-0.2, 0) is 9.59 Å². The quantitative estimate of drug-likeness (QED) is 0.803. The van der Waals surface area contributed by atoms with Crippen molar-refractivity contribution in [2.75, 3.05) is 13.1 Å². The van der Waals surface area contributed by atoms with Crippen LogP contribution < -0.4 is 5.32 Å². The topological polar surface area (TPSA) is 49.4 Å². The summed E-state index contributed by atoms with van der Waals surface area (Å²) in [6.07, 6.45) is 1.45. The van der Waals surface area contributed by atoms with Crippen LogP contribution >= 0.6 is 0 Å². The zero-order valence-corrected chi connectivity index (χ0v) is 11.3. The number of carbonyl (C=O) groups excluding carboxylic acids is 2. The second kappa shape index (κ2) is 6.15. The average molecular weight is 240 g/mol. The minimum absolute atomic E-state index is 0.0594. The number of piperidine rings is 1. The Morgan fingerprint density at radius 2 is 2.12 bits per heavy atom. The number of likely N-dealkylation sites (tertiary alicyclic amines) is 1. The van der Waals surface area contributed by atoms with Crippen LogP contribution in [-0.4, -0.2) is 41.8 Å². The molecule has 0 aliphatic carbocycles. The maximum Gasteiger partial charge on any atom is 0.237 e. The highest BCUT2D eigenvalue weighted by atomic mass is 16.2. The van der Waals surface area contributed by atoms with Crippen LogP contribution in [0, 0.1) is 5.92 Å². The molecule has 1 fully saturated rings. The van der Waals surface area contributed by atoms with E-state index in [2.05, 4.69) is 10.2 Å². The summed E-state index contributed by atoms with van der Waals surface area (Å²) in [5.74, 6) is 0.516. The van der Waals surface area contributed by atoms with E-state index in [-0.39, 0.29) is 23.9 Å². The predicted octanol–water partition coefficient (Wildman–Crippen LogP) is 1.20. The third-order valence-corrected chi connectivity index (χ3v) is 3.41. The summed E-state index contributed by atoms with van der Waals surface area (Å²) in [5, 5.41) is 2.92. The lowest BCUT2D eigenvalue weighted by molar-refractivity contribution is -0.132. The molecule has 1 aliphatic heterocycles. The molecule has 4 heteroatoms. The van der Waals surface area contributed by atoms with Crippen LogP contribution in [0.25, 0.3) is 0 Å². The monoisotopic (exact) mass is 240 g/mol. The fourth-order valence-corrected chi connectivity index (χ4v) is 2.21. The summed E-state index contributed by atoms with van der Waals surface area (Å²) in [7, 11) is 0. The van der Waals surface area contributed by atoms with Crippen molar-refractivity contribution in [1.82, 2.24) is 10.2 Å². The first-order valence-electron chi connectivity index (χ1n) is 6.52. The Bertz CT molecular complexity index is 289. The molecule has 1 amide bonds. The number of hydrogen-bond acceptors (Lipinski definition) is 3. The molecule has 2 atom stereocenters. The smallest absolute Gasteiger partial charge is 0.237 e. The number of rotatable bonds is 4. The molecule has 0 aromatic rings. The minimum Gasteiger partial charge on any atom is -0.353 e. The molecule has 0 aromatic carbocycles. The van der Waals surface area contributed by atoms with Crippen LogP contribution in [0.2, 0.25) is 0 Å². The Morgan fingerprint density at radius 3 is 2.65 bits per heavy atom. The van der Waals surface area contributed by atoms with Crippen molar-refractivity contribution in [2.24, 2.45) is 5.92 Å². The number of hydrogen-bond donors (Lipinski definition) is 1. The van der Waals surface area contributed by atoms with Gasteiger partial charge in [0.05, 0.1) is 6.04 Å². The highest BCUT2D eigenvalue weighted by Crippen LogP contribution is 2.18. The van der Waals surface area contributed by atoms with Gasteiger partial charge < -0.3 is 5.32 Å². The van der Waals surface area contributed by atoms with Gasteiger partial charge in [0.2, 0.25) is 5.91 Å². The summed E-state index contributed by atoms with van der Waals surface area (Å²) in [5.41, 5.74) is 0. The highest BCUT2D eigenvalue weighted by Gasteiger charge is 2.30. The van der Waals surface area contributed by atoms with Gasteiger partial charge in [0.1, 0.15) is 5.78 Å². The zero-order valence-electron chi connectivity index (χ0n) is 11.3. The van der Waals surface area contributed by atoms with Crippen molar-refractivity contribution >= 4 is 11.7 Å². The molecule has 1 saturated heterocycles. The molecule has 2 unspecified atom stereocenters. The molecule has 1 rings (SSSR count). The van der Waals surface area contributed by atoms with Gasteiger partial charge in [-0.2, -0.15) is 0 Å². The molecule has 4 nitrogen and oxygen atoms in total. The maximum absolute atomic E-state index is 11.9. The second-order valence-electron chi connectivity index (χ2n) is 5.16. The molecule has 0 saturated carbocycles. The number of carbonyl (C=O) groups is 2. The summed E-state index contributed by atoms with van der Waals surface area (Å²) >= 11 is 0. The molecular weight excluding hydrogens is 216 g/mol. The van der Waals surface area contributed by atoms with Gasteiger partial charge in [0, 0.05) is 31.5 Å². The van der Waals surface area contributed by atoms with Crippen molar-refractivity contribution < 1.29 is 9.59 Å². The Morgan fingerprint density at radius 1 is 1.47 bits per heavy atom. The number of amides is 1. The van der Waals surface area contributed by atoms with Gasteiger partial charge >= 0.3 is 0 Å². The van der Waals surface area contributed by atoms with E-state index in [9.17, 15) is 9.59 Å². The zero-order chi connectivity index (χ0) is 13.0. The number of nitrogens with zero attached hydrogens (tertiary/aromatic N) is 1. The highest BCUT2D eigenvalue weighted by molar-refractivity contribution is 5.84. The van der Waals surface area contributed by atoms with E-state index >= 15 is 0 Å². The van der Waals surface area contributed by atoms with E-state index < -0.39 is 0 Å². The van der Waals surface area contributed by atoms with E-state index in [1.54, 1.807) is 0 Å². The first kappa shape index (κ1) is 14.2. The molecule has 1 N–H and O–H groups in total. The third-order valence-electron chi connectivity index (χ3n) is 3.41. The summed E-state index contributed by atoms with van der Waals surface area (Å²) in [4.78, 5) is 25.6. The molecule has 0 aromatic heterocycles. The lowest BCUT2D eigenvalue weighted by atomic mass is 9.93. The van der Waals surface area contributed by atoms with Gasteiger partial charge in [-0.25, -0.2) is 0 Å². The number of nitrogens with one attached hydrogen (secondary N) is 1. The SMILES string of the molecule is CCC1CN(C(C)C(=O)NC(C)C)CCC1=O. The van der Waals surface area contributed by atoms with Gasteiger partial charge in [-0.3, -0.25) is 14.5 Å². The predicted molar refractivity (Wildman–Crippen MR) is 67.7 cm³/mol. The van der Waals surface area contributed by atoms with Gasteiger partial charge in [-0.15, -0.1) is 0 Å². The average Bonchev–Trinajstić information content (AvgIpc) is 2.27. The van der Waals surface area contributed by atoms with E-state index in [1.165, 1.54) is 0 Å². The van der Waals surface area contributed by atoms with Crippen molar-refractivity contribution in [3.8, 4) is 0 Å². The molecule has 17 heavy (non-hydrogen) atoms. The lowest BCUT2D eigenvalue weighted by Crippen LogP contribution is -2.52. The molecule has 0 bridgehead atoms. The largest absolute Gasteiger partial charge is 0.353 e. The maximum atomic E-state index is 11.9. The summed E-state index contributed by atoms with van der Waals surface area (Å²) < 4.78 is 0. The van der Waals surface area contributed by atoms with Gasteiger partial charge in [-0.1, -0.05) is 6.92 Å². The first-order valence-corrected chi connectivity index (χ1v) is 6.52. The van der Waals surface area contributed by atoms with E-state index in [0.29, 0.717) is 18.7 Å². The summed E-state index contributed by atoms with van der Waals surface area (Å²) in [6.45, 7) is 9.30. The number of Topliss-reactive ketones (excluding diaryl/α,β-unsaturated/α-hetero) is 1. The standard InChI is InChI=1S/C13H24N2O2/c1-5-11-8-15(7-6-12(11)16)10(4)13(17)14-9(2)3/h9-11H,5-8H2,1-4H3,(H,14,17). The third kappa shape index (κ3) is 3.80. The first-order chi connectivity index (χ1) is 7.95. The lowest BCUT2D eigenvalue weighted by Gasteiger charge is -2.35. The van der Waals surface area contributed by atoms with E-state index in [1.807, 2.05) is 27.7 Å². The molecule has 1 heterocycles. The molecule has 0 radical (unpaired) electrons. The van der Waals surface area contributed by atoms with Crippen molar-refractivity contribution in [1.29, 1.82) is 0 Å². The molecule has 0 spiro atoms. The van der Waals surface area contributed by atoms with Crippen molar-refractivity contribution in [3.63, 3.8) is 0 Å². The Kier molecular flexibility index (Phi) is 5.12. The van der Waals surface area contributed by atoms with E-state index in [0.717, 1.165) is 13.0 Å². The second-order valence-corrected chi connectivity index (χ2v) is 5.16. The fraction of sp³-hybridized carbons (Fsp3) is 0.846. The Balaban J connectivity index is 2.55. The Labute approximate surface area is 104 Å².